The molecule has 0 aromatic carbocycles. The second-order valence-corrected chi connectivity index (χ2v) is 3.89. The molecule has 0 nitrogen and oxygen atoms in total. The molecule has 0 atom stereocenters. The number of hydrogen-bond acceptors (Lipinski definition) is 0. The molecule has 0 heterocycles. The van der Waals surface area contributed by atoms with Crippen LogP contribution in [0.1, 0.15) is 38.5 Å². The third kappa shape index (κ3) is 1.16. The largest absolute Gasteiger partial charge is 0.129 e. The van der Waals surface area contributed by atoms with E-state index < -0.39 is 0 Å². The minimum absolute atomic E-state index is 0.887. The van der Waals surface area contributed by atoms with Gasteiger partial charge < -0.3 is 0 Å². The molecule has 2 aliphatic rings. The Bertz CT molecular complexity index is 172. The number of allylic oxidation sites excluding steroid dienone is 1. The van der Waals surface area contributed by atoms with E-state index in [9.17, 15) is 0 Å². The molecule has 0 spiro atoms. The summed E-state index contributed by atoms with van der Waals surface area (Å²) in [5.41, 5.74) is 4.74. The van der Waals surface area contributed by atoms with Crippen LogP contribution in [-0.2, 0) is 0 Å². The topological polar surface area (TPSA) is 0 Å². The lowest BCUT2D eigenvalue weighted by atomic mass is 9.69. The molecule has 0 bridgehead atoms. The normalized spacial score (nSPS) is 25.1. The molecule has 2 aliphatic carbocycles. The van der Waals surface area contributed by atoms with E-state index in [-0.39, 0.29) is 0 Å². The second-order valence-electron chi connectivity index (χ2n) is 3.89. The van der Waals surface area contributed by atoms with Crippen molar-refractivity contribution in [2.45, 2.75) is 38.5 Å². The summed E-state index contributed by atoms with van der Waals surface area (Å²) in [5.74, 6) is 1.77. The Labute approximate surface area is 69.0 Å². The van der Waals surface area contributed by atoms with E-state index in [0.717, 1.165) is 11.8 Å². The average Bonchev–Trinajstić information content (AvgIpc) is 1.78. The molecule has 2 fully saturated rings. The van der Waals surface area contributed by atoms with E-state index in [1.165, 1.54) is 38.5 Å². The minimum atomic E-state index is 0.887. The van der Waals surface area contributed by atoms with Gasteiger partial charge in [0.1, 0.15) is 0 Å². The summed E-state index contributed by atoms with van der Waals surface area (Å²) in [6.07, 6.45) is 8.51. The fourth-order valence-corrected chi connectivity index (χ4v) is 2.06. The minimum Gasteiger partial charge on any atom is -0.129 e. The highest BCUT2D eigenvalue weighted by Gasteiger charge is 2.30. The molecule has 0 radical (unpaired) electrons. The van der Waals surface area contributed by atoms with E-state index in [4.69, 9.17) is 0 Å². The SMILES string of the molecule is C=C=C(C1CCC1)C1CCC1. The van der Waals surface area contributed by atoms with Crippen LogP contribution in [0, 0.1) is 11.8 Å². The molecule has 0 heteroatoms. The van der Waals surface area contributed by atoms with Crippen molar-refractivity contribution in [2.75, 3.05) is 0 Å². The van der Waals surface area contributed by atoms with Gasteiger partial charge in [-0.05, 0) is 43.1 Å². The maximum absolute atomic E-state index is 3.80. The maximum Gasteiger partial charge on any atom is -0.0125 e. The first kappa shape index (κ1) is 7.18. The van der Waals surface area contributed by atoms with Crippen molar-refractivity contribution < 1.29 is 0 Å². The number of rotatable bonds is 2. The summed E-state index contributed by atoms with van der Waals surface area (Å²) in [6, 6.07) is 0. The van der Waals surface area contributed by atoms with Gasteiger partial charge in [-0.2, -0.15) is 0 Å². The summed E-state index contributed by atoms with van der Waals surface area (Å²) >= 11 is 0. The van der Waals surface area contributed by atoms with Crippen LogP contribution >= 0.6 is 0 Å². The summed E-state index contributed by atoms with van der Waals surface area (Å²) in [5, 5.41) is 0. The van der Waals surface area contributed by atoms with Gasteiger partial charge in [0.05, 0.1) is 0 Å². The van der Waals surface area contributed by atoms with E-state index in [2.05, 4.69) is 12.3 Å². The molecule has 0 aromatic heterocycles. The maximum atomic E-state index is 3.80. The zero-order valence-corrected chi connectivity index (χ0v) is 7.10. The van der Waals surface area contributed by atoms with Crippen molar-refractivity contribution in [1.29, 1.82) is 0 Å². The zero-order chi connectivity index (χ0) is 7.68. The Balaban J connectivity index is 2.00. The van der Waals surface area contributed by atoms with Crippen molar-refractivity contribution >= 4 is 0 Å². The molecule has 2 rings (SSSR count). The van der Waals surface area contributed by atoms with Crippen molar-refractivity contribution in [3.05, 3.63) is 17.9 Å². The zero-order valence-electron chi connectivity index (χ0n) is 7.10. The molecule has 0 unspecified atom stereocenters. The quantitative estimate of drug-likeness (QED) is 0.527. The second kappa shape index (κ2) is 2.87. The van der Waals surface area contributed by atoms with E-state index >= 15 is 0 Å². The van der Waals surface area contributed by atoms with E-state index in [1.807, 2.05) is 0 Å². The van der Waals surface area contributed by atoms with Gasteiger partial charge in [0.15, 0.2) is 0 Å². The van der Waals surface area contributed by atoms with E-state index in [1.54, 1.807) is 5.57 Å². The molecular weight excluding hydrogens is 132 g/mol. The monoisotopic (exact) mass is 148 g/mol. The highest BCUT2D eigenvalue weighted by atomic mass is 14.3. The van der Waals surface area contributed by atoms with Crippen molar-refractivity contribution in [3.8, 4) is 0 Å². The van der Waals surface area contributed by atoms with Gasteiger partial charge in [0.2, 0.25) is 0 Å². The first-order valence-electron chi connectivity index (χ1n) is 4.81. The fraction of sp³-hybridized carbons (Fsp3) is 0.727. The average molecular weight is 148 g/mol. The highest BCUT2D eigenvalue weighted by Crippen LogP contribution is 2.43. The predicted molar refractivity (Wildman–Crippen MR) is 47.3 cm³/mol. The third-order valence-corrected chi connectivity index (χ3v) is 3.29. The molecule has 60 valence electrons. The van der Waals surface area contributed by atoms with Gasteiger partial charge in [-0.15, -0.1) is 5.73 Å². The molecule has 0 saturated heterocycles. The lowest BCUT2D eigenvalue weighted by Gasteiger charge is -2.36. The van der Waals surface area contributed by atoms with Crippen molar-refractivity contribution in [2.24, 2.45) is 11.8 Å². The summed E-state index contributed by atoms with van der Waals surface area (Å²) in [7, 11) is 0. The fourth-order valence-electron chi connectivity index (χ4n) is 2.06. The molecule has 0 aliphatic heterocycles. The van der Waals surface area contributed by atoms with Crippen molar-refractivity contribution in [1.82, 2.24) is 0 Å². The molecule has 0 amide bonds. The summed E-state index contributed by atoms with van der Waals surface area (Å²) < 4.78 is 0. The molecule has 2 saturated carbocycles. The van der Waals surface area contributed by atoms with Crippen LogP contribution in [0.5, 0.6) is 0 Å². The lowest BCUT2D eigenvalue weighted by molar-refractivity contribution is 0.278. The van der Waals surface area contributed by atoms with Crippen LogP contribution in [0.15, 0.2) is 17.9 Å². The van der Waals surface area contributed by atoms with Crippen LogP contribution in [-0.4, -0.2) is 0 Å². The molecule has 11 heavy (non-hydrogen) atoms. The molecular formula is C11H16. The third-order valence-electron chi connectivity index (χ3n) is 3.29. The van der Waals surface area contributed by atoms with Gasteiger partial charge in [-0.25, -0.2) is 0 Å². The van der Waals surface area contributed by atoms with Crippen LogP contribution in [0.3, 0.4) is 0 Å². The van der Waals surface area contributed by atoms with Crippen LogP contribution in [0.2, 0.25) is 0 Å². The number of hydrogen-bond donors (Lipinski definition) is 0. The van der Waals surface area contributed by atoms with Crippen molar-refractivity contribution in [3.63, 3.8) is 0 Å². The summed E-state index contributed by atoms with van der Waals surface area (Å²) in [6.45, 7) is 3.80. The van der Waals surface area contributed by atoms with Gasteiger partial charge in [0, 0.05) is 0 Å². The first-order chi connectivity index (χ1) is 5.42. The molecule has 0 aromatic rings. The summed E-state index contributed by atoms with van der Waals surface area (Å²) in [4.78, 5) is 0. The Morgan fingerprint density at radius 2 is 1.45 bits per heavy atom. The first-order valence-corrected chi connectivity index (χ1v) is 4.81. The Kier molecular flexibility index (Phi) is 1.87. The van der Waals surface area contributed by atoms with Crippen LogP contribution in [0.25, 0.3) is 0 Å². The Morgan fingerprint density at radius 1 is 1.00 bits per heavy atom. The Hall–Kier alpha value is -0.480. The highest BCUT2D eigenvalue weighted by molar-refractivity contribution is 5.13. The van der Waals surface area contributed by atoms with Gasteiger partial charge in [0.25, 0.3) is 0 Å². The van der Waals surface area contributed by atoms with E-state index in [0.29, 0.717) is 0 Å². The predicted octanol–water partition coefficient (Wildman–Crippen LogP) is 3.30. The molecule has 0 N–H and O–H groups in total. The lowest BCUT2D eigenvalue weighted by Crippen LogP contribution is -2.23. The Morgan fingerprint density at radius 3 is 1.64 bits per heavy atom. The van der Waals surface area contributed by atoms with Gasteiger partial charge >= 0.3 is 0 Å². The van der Waals surface area contributed by atoms with Crippen LogP contribution in [0.4, 0.5) is 0 Å². The van der Waals surface area contributed by atoms with Crippen LogP contribution < -0.4 is 0 Å². The van der Waals surface area contributed by atoms with Gasteiger partial charge in [-0.1, -0.05) is 19.4 Å². The van der Waals surface area contributed by atoms with Gasteiger partial charge in [-0.3, -0.25) is 0 Å². The standard InChI is InChI=1S/C11H16/c1-2-11(9-5-3-6-9)10-7-4-8-10/h9-10H,1,3-8H2. The smallest absolute Gasteiger partial charge is 0.0125 e.